The zero-order valence-corrected chi connectivity index (χ0v) is 13.4. The van der Waals surface area contributed by atoms with E-state index in [0.717, 1.165) is 22.4 Å². The van der Waals surface area contributed by atoms with Gasteiger partial charge in [0.1, 0.15) is 5.75 Å². The first kappa shape index (κ1) is 15.1. The zero-order chi connectivity index (χ0) is 16.1. The highest BCUT2D eigenvalue weighted by Crippen LogP contribution is 2.27. The summed E-state index contributed by atoms with van der Waals surface area (Å²) >= 11 is 0. The van der Waals surface area contributed by atoms with Crippen molar-refractivity contribution in [3.05, 3.63) is 72.3 Å². The van der Waals surface area contributed by atoms with Gasteiger partial charge in [0, 0.05) is 5.56 Å². The quantitative estimate of drug-likeness (QED) is 0.527. The van der Waals surface area contributed by atoms with Gasteiger partial charge in [-0.2, -0.15) is 5.10 Å². The minimum atomic E-state index is 0.116. The van der Waals surface area contributed by atoms with Crippen LogP contribution in [0.2, 0.25) is 0 Å². The van der Waals surface area contributed by atoms with Gasteiger partial charge in [-0.05, 0) is 42.8 Å². The summed E-state index contributed by atoms with van der Waals surface area (Å²) < 4.78 is 5.94. The van der Waals surface area contributed by atoms with Gasteiger partial charge in [0.2, 0.25) is 0 Å². The molecule has 3 aromatic rings. The largest absolute Gasteiger partial charge is 0.490 e. The molecule has 116 valence electrons. The smallest absolute Gasteiger partial charge is 0.129 e. The second-order valence-electron chi connectivity index (χ2n) is 5.60. The third-order valence-electron chi connectivity index (χ3n) is 3.45. The minimum Gasteiger partial charge on any atom is -0.490 e. The number of nitrogens with zero attached hydrogens (tertiary/aromatic N) is 1. The van der Waals surface area contributed by atoms with E-state index in [9.17, 15) is 0 Å². The standard InChI is InChI=1S/C20H20N2O/c1-15(2)23-20-13-12-16-8-6-7-11-18(16)19(20)14-21-22-17-9-4-3-5-10-17/h3-15,22H,1-2H3. The van der Waals surface area contributed by atoms with Crippen LogP contribution in [0.15, 0.2) is 71.8 Å². The summed E-state index contributed by atoms with van der Waals surface area (Å²) in [5.41, 5.74) is 4.99. The Morgan fingerprint density at radius 2 is 1.65 bits per heavy atom. The maximum Gasteiger partial charge on any atom is 0.129 e. The third kappa shape index (κ3) is 3.69. The molecule has 3 rings (SSSR count). The molecule has 1 N–H and O–H groups in total. The van der Waals surface area contributed by atoms with Crippen LogP contribution in [0.25, 0.3) is 10.8 Å². The molecular formula is C20H20N2O. The van der Waals surface area contributed by atoms with Gasteiger partial charge in [0.15, 0.2) is 0 Å². The van der Waals surface area contributed by atoms with Crippen molar-refractivity contribution in [3.8, 4) is 5.75 Å². The lowest BCUT2D eigenvalue weighted by molar-refractivity contribution is 0.242. The van der Waals surface area contributed by atoms with Crippen LogP contribution < -0.4 is 10.2 Å². The van der Waals surface area contributed by atoms with E-state index in [4.69, 9.17) is 4.74 Å². The highest BCUT2D eigenvalue weighted by Gasteiger charge is 2.08. The lowest BCUT2D eigenvalue weighted by atomic mass is 10.0. The summed E-state index contributed by atoms with van der Waals surface area (Å²) in [7, 11) is 0. The van der Waals surface area contributed by atoms with Crippen molar-refractivity contribution in [1.29, 1.82) is 0 Å². The number of hydrogen-bond acceptors (Lipinski definition) is 3. The van der Waals surface area contributed by atoms with Gasteiger partial charge in [-0.3, -0.25) is 5.43 Å². The molecule has 0 amide bonds. The maximum absolute atomic E-state index is 5.94. The molecule has 0 saturated heterocycles. The van der Waals surface area contributed by atoms with E-state index < -0.39 is 0 Å². The predicted octanol–water partition coefficient (Wildman–Crippen LogP) is 5.07. The van der Waals surface area contributed by atoms with Crippen LogP contribution in [0.1, 0.15) is 19.4 Å². The minimum absolute atomic E-state index is 0.116. The number of rotatable bonds is 5. The lowest BCUT2D eigenvalue weighted by Gasteiger charge is -2.14. The van der Waals surface area contributed by atoms with Crippen molar-refractivity contribution >= 4 is 22.7 Å². The third-order valence-corrected chi connectivity index (χ3v) is 3.45. The van der Waals surface area contributed by atoms with Crippen LogP contribution in [-0.4, -0.2) is 12.3 Å². The van der Waals surface area contributed by atoms with E-state index in [2.05, 4.69) is 28.7 Å². The van der Waals surface area contributed by atoms with Crippen molar-refractivity contribution < 1.29 is 4.74 Å². The molecule has 3 heteroatoms. The number of benzene rings is 3. The van der Waals surface area contributed by atoms with Crippen molar-refractivity contribution in [2.75, 3.05) is 5.43 Å². The topological polar surface area (TPSA) is 33.6 Å². The van der Waals surface area contributed by atoms with Crippen LogP contribution >= 0.6 is 0 Å². The summed E-state index contributed by atoms with van der Waals surface area (Å²) in [5, 5.41) is 6.67. The van der Waals surface area contributed by atoms with Crippen LogP contribution in [0.5, 0.6) is 5.75 Å². The molecule has 0 unspecified atom stereocenters. The molecule has 0 aliphatic heterocycles. The summed E-state index contributed by atoms with van der Waals surface area (Å²) in [6.07, 6.45) is 1.94. The normalized spacial score (nSPS) is 11.3. The number of ether oxygens (including phenoxy) is 1. The Morgan fingerprint density at radius 3 is 2.43 bits per heavy atom. The number of hydrogen-bond donors (Lipinski definition) is 1. The van der Waals surface area contributed by atoms with Crippen LogP contribution in [-0.2, 0) is 0 Å². The fraction of sp³-hybridized carbons (Fsp3) is 0.150. The summed E-state index contributed by atoms with van der Waals surface area (Å²) in [4.78, 5) is 0. The maximum atomic E-state index is 5.94. The van der Waals surface area contributed by atoms with E-state index in [0.29, 0.717) is 0 Å². The van der Waals surface area contributed by atoms with E-state index >= 15 is 0 Å². The molecule has 0 aliphatic carbocycles. The Morgan fingerprint density at radius 1 is 0.913 bits per heavy atom. The second kappa shape index (κ2) is 6.97. The number of para-hydroxylation sites is 1. The van der Waals surface area contributed by atoms with Gasteiger partial charge in [-0.25, -0.2) is 0 Å². The lowest BCUT2D eigenvalue weighted by Crippen LogP contribution is -2.08. The average molecular weight is 304 g/mol. The van der Waals surface area contributed by atoms with Gasteiger partial charge < -0.3 is 4.74 Å². The highest BCUT2D eigenvalue weighted by molar-refractivity contribution is 6.02. The first-order valence-electron chi connectivity index (χ1n) is 7.76. The van der Waals surface area contributed by atoms with Crippen LogP contribution in [0.4, 0.5) is 5.69 Å². The van der Waals surface area contributed by atoms with Gasteiger partial charge in [0.05, 0.1) is 18.0 Å². The van der Waals surface area contributed by atoms with Crippen LogP contribution in [0.3, 0.4) is 0 Å². The number of anilines is 1. The molecule has 0 atom stereocenters. The molecule has 23 heavy (non-hydrogen) atoms. The Bertz CT molecular complexity index is 810. The molecule has 0 spiro atoms. The number of fused-ring (bicyclic) bond motifs is 1. The zero-order valence-electron chi connectivity index (χ0n) is 13.4. The molecule has 0 radical (unpaired) electrons. The van der Waals surface area contributed by atoms with Crippen molar-refractivity contribution in [3.63, 3.8) is 0 Å². The molecule has 0 aromatic heterocycles. The summed E-state index contributed by atoms with van der Waals surface area (Å²) in [6.45, 7) is 4.05. The molecule has 0 saturated carbocycles. The van der Waals surface area contributed by atoms with Gasteiger partial charge in [0.25, 0.3) is 0 Å². The molecule has 0 bridgehead atoms. The second-order valence-corrected chi connectivity index (χ2v) is 5.60. The number of hydrazone groups is 1. The average Bonchev–Trinajstić information content (AvgIpc) is 2.57. The number of nitrogens with one attached hydrogen (secondary N) is 1. The van der Waals surface area contributed by atoms with Gasteiger partial charge in [-0.15, -0.1) is 0 Å². The molecular weight excluding hydrogens is 284 g/mol. The highest BCUT2D eigenvalue weighted by atomic mass is 16.5. The fourth-order valence-electron chi connectivity index (χ4n) is 2.45. The summed E-state index contributed by atoms with van der Waals surface area (Å²) in [6, 6.07) is 22.2. The molecule has 3 aromatic carbocycles. The Kier molecular flexibility index (Phi) is 4.57. The Balaban J connectivity index is 1.96. The molecule has 0 heterocycles. The first-order chi connectivity index (χ1) is 11.2. The van der Waals surface area contributed by atoms with Crippen LogP contribution in [0, 0.1) is 0 Å². The van der Waals surface area contributed by atoms with Gasteiger partial charge >= 0.3 is 0 Å². The Labute approximate surface area is 136 Å². The first-order valence-corrected chi connectivity index (χ1v) is 7.76. The van der Waals surface area contributed by atoms with Crippen molar-refractivity contribution in [2.24, 2.45) is 5.10 Å². The Hall–Kier alpha value is -2.81. The van der Waals surface area contributed by atoms with Crippen molar-refractivity contribution in [1.82, 2.24) is 0 Å². The fourth-order valence-corrected chi connectivity index (χ4v) is 2.45. The molecule has 0 aliphatic rings. The van der Waals surface area contributed by atoms with E-state index in [1.165, 1.54) is 5.39 Å². The van der Waals surface area contributed by atoms with E-state index in [1.807, 2.05) is 68.6 Å². The summed E-state index contributed by atoms with van der Waals surface area (Å²) in [5.74, 6) is 0.845. The van der Waals surface area contributed by atoms with E-state index in [1.54, 1.807) is 0 Å². The SMILES string of the molecule is CC(C)Oc1ccc2ccccc2c1C=NNc1ccccc1. The predicted molar refractivity (Wildman–Crippen MR) is 97.4 cm³/mol. The van der Waals surface area contributed by atoms with Crippen molar-refractivity contribution in [2.45, 2.75) is 20.0 Å². The molecule has 0 fully saturated rings. The molecule has 3 nitrogen and oxygen atoms in total. The van der Waals surface area contributed by atoms with E-state index in [-0.39, 0.29) is 6.10 Å². The van der Waals surface area contributed by atoms with Gasteiger partial charge in [-0.1, -0.05) is 48.5 Å². The monoisotopic (exact) mass is 304 g/mol.